The summed E-state index contributed by atoms with van der Waals surface area (Å²) >= 11 is 0. The molecule has 2 rings (SSSR count). The Morgan fingerprint density at radius 2 is 1.81 bits per heavy atom. The smallest absolute Gasteiger partial charge is 0.191 e. The van der Waals surface area contributed by atoms with Crippen LogP contribution < -0.4 is 15.4 Å². The standard InChI is InChI=1S/C20H27N3O3S/c1-15-5-10-19(26-3)17(13-15)11-12-22-20(21-2)23-14-16-6-8-18(9-7-16)27(4,24)25/h5-10,13H,11-12,14H2,1-4H3,(H2,21,22,23). The maximum Gasteiger partial charge on any atom is 0.191 e. The molecule has 0 saturated carbocycles. The van der Waals surface area contributed by atoms with E-state index in [-0.39, 0.29) is 0 Å². The fourth-order valence-electron chi connectivity index (χ4n) is 2.68. The van der Waals surface area contributed by atoms with Gasteiger partial charge in [0, 0.05) is 26.4 Å². The molecule has 2 N–H and O–H groups in total. The van der Waals surface area contributed by atoms with Gasteiger partial charge in [-0.3, -0.25) is 4.99 Å². The fraction of sp³-hybridized carbons (Fsp3) is 0.350. The van der Waals surface area contributed by atoms with Crippen LogP contribution in [-0.2, 0) is 22.8 Å². The van der Waals surface area contributed by atoms with Crippen LogP contribution in [0.2, 0.25) is 0 Å². The van der Waals surface area contributed by atoms with Gasteiger partial charge in [-0.2, -0.15) is 0 Å². The van der Waals surface area contributed by atoms with Gasteiger partial charge < -0.3 is 15.4 Å². The number of hydrogen-bond acceptors (Lipinski definition) is 4. The van der Waals surface area contributed by atoms with Crippen molar-refractivity contribution in [2.24, 2.45) is 4.99 Å². The molecule has 146 valence electrons. The highest BCUT2D eigenvalue weighted by atomic mass is 32.2. The highest BCUT2D eigenvalue weighted by Gasteiger charge is 2.07. The van der Waals surface area contributed by atoms with E-state index < -0.39 is 9.84 Å². The van der Waals surface area contributed by atoms with E-state index in [4.69, 9.17) is 4.74 Å². The fourth-order valence-corrected chi connectivity index (χ4v) is 3.31. The Hall–Kier alpha value is -2.54. The van der Waals surface area contributed by atoms with Crippen LogP contribution in [0.4, 0.5) is 0 Å². The minimum absolute atomic E-state index is 0.320. The van der Waals surface area contributed by atoms with Crippen LogP contribution in [0.15, 0.2) is 52.4 Å². The molecule has 0 saturated heterocycles. The summed E-state index contributed by atoms with van der Waals surface area (Å²) in [5.74, 6) is 1.57. The van der Waals surface area contributed by atoms with Crippen LogP contribution in [0.25, 0.3) is 0 Å². The van der Waals surface area contributed by atoms with Crippen LogP contribution in [0.5, 0.6) is 5.75 Å². The Morgan fingerprint density at radius 3 is 2.41 bits per heavy atom. The van der Waals surface area contributed by atoms with E-state index >= 15 is 0 Å². The third-order valence-electron chi connectivity index (χ3n) is 4.16. The first-order chi connectivity index (χ1) is 12.8. The van der Waals surface area contributed by atoms with E-state index in [1.54, 1.807) is 38.4 Å². The number of ether oxygens (including phenoxy) is 1. The van der Waals surface area contributed by atoms with Gasteiger partial charge >= 0.3 is 0 Å². The number of guanidine groups is 1. The number of sulfone groups is 1. The van der Waals surface area contributed by atoms with Crippen molar-refractivity contribution in [1.82, 2.24) is 10.6 Å². The summed E-state index contributed by atoms with van der Waals surface area (Å²) < 4.78 is 28.4. The Kier molecular flexibility index (Phi) is 7.24. The third-order valence-corrected chi connectivity index (χ3v) is 5.29. The highest BCUT2D eigenvalue weighted by molar-refractivity contribution is 7.90. The molecule has 0 heterocycles. The van der Waals surface area contributed by atoms with Gasteiger partial charge in [0.1, 0.15) is 5.75 Å². The Morgan fingerprint density at radius 1 is 1.11 bits per heavy atom. The van der Waals surface area contributed by atoms with Gasteiger partial charge in [0.15, 0.2) is 15.8 Å². The van der Waals surface area contributed by atoms with Gasteiger partial charge in [-0.25, -0.2) is 8.42 Å². The minimum Gasteiger partial charge on any atom is -0.496 e. The van der Waals surface area contributed by atoms with Crippen LogP contribution in [0, 0.1) is 6.92 Å². The Balaban J connectivity index is 1.87. The lowest BCUT2D eigenvalue weighted by Gasteiger charge is -2.14. The SMILES string of the molecule is CN=C(NCCc1cc(C)ccc1OC)NCc1ccc(S(C)(=O)=O)cc1. The average Bonchev–Trinajstić information content (AvgIpc) is 2.64. The predicted molar refractivity (Wildman–Crippen MR) is 109 cm³/mol. The number of nitrogens with zero attached hydrogens (tertiary/aromatic N) is 1. The third kappa shape index (κ3) is 6.29. The van der Waals surface area contributed by atoms with Gasteiger partial charge in [-0.1, -0.05) is 29.8 Å². The second kappa shape index (κ2) is 9.41. The number of aryl methyl sites for hydroxylation is 1. The summed E-state index contributed by atoms with van der Waals surface area (Å²) in [6, 6.07) is 13.0. The second-order valence-corrected chi connectivity index (χ2v) is 8.35. The van der Waals surface area contributed by atoms with Crippen LogP contribution in [-0.4, -0.2) is 41.3 Å². The molecule has 0 radical (unpaired) electrons. The number of hydrogen-bond donors (Lipinski definition) is 2. The van der Waals surface area contributed by atoms with Gasteiger partial charge in [0.25, 0.3) is 0 Å². The summed E-state index contributed by atoms with van der Waals surface area (Å²) in [4.78, 5) is 4.54. The molecule has 0 unspecified atom stereocenters. The van der Waals surface area contributed by atoms with Crippen molar-refractivity contribution < 1.29 is 13.2 Å². The zero-order valence-corrected chi connectivity index (χ0v) is 17.1. The molecular weight excluding hydrogens is 362 g/mol. The first-order valence-corrected chi connectivity index (χ1v) is 10.6. The monoisotopic (exact) mass is 389 g/mol. The van der Waals surface area contributed by atoms with E-state index in [1.165, 1.54) is 11.8 Å². The molecule has 7 heteroatoms. The molecule has 0 aliphatic carbocycles. The van der Waals surface area contributed by atoms with Crippen molar-refractivity contribution in [1.29, 1.82) is 0 Å². The molecule has 2 aromatic carbocycles. The summed E-state index contributed by atoms with van der Waals surface area (Å²) in [5, 5.41) is 6.51. The van der Waals surface area contributed by atoms with Crippen molar-refractivity contribution >= 4 is 15.8 Å². The van der Waals surface area contributed by atoms with Crippen molar-refractivity contribution in [2.75, 3.05) is 27.0 Å². The molecule has 0 fully saturated rings. The lowest BCUT2D eigenvalue weighted by Crippen LogP contribution is -2.37. The van der Waals surface area contributed by atoms with Crippen molar-refractivity contribution in [2.45, 2.75) is 24.8 Å². The second-order valence-electron chi connectivity index (χ2n) is 6.33. The summed E-state index contributed by atoms with van der Waals surface area (Å²) in [5.41, 5.74) is 3.33. The zero-order chi connectivity index (χ0) is 19.9. The normalized spacial score (nSPS) is 11.9. The molecule has 0 bridgehead atoms. The number of benzene rings is 2. The van der Waals surface area contributed by atoms with E-state index in [0.717, 1.165) is 23.3 Å². The number of methoxy groups -OCH3 is 1. The predicted octanol–water partition coefficient (Wildman–Crippen LogP) is 2.31. The summed E-state index contributed by atoms with van der Waals surface area (Å²) in [6.45, 7) is 3.33. The zero-order valence-electron chi connectivity index (χ0n) is 16.2. The lowest BCUT2D eigenvalue weighted by atomic mass is 10.1. The van der Waals surface area contributed by atoms with Crippen molar-refractivity contribution in [3.05, 3.63) is 59.2 Å². The summed E-state index contributed by atoms with van der Waals surface area (Å²) in [7, 11) is 0.226. The van der Waals surface area contributed by atoms with Gasteiger partial charge in [-0.05, 0) is 42.7 Å². The maximum absolute atomic E-state index is 11.5. The molecule has 0 aliphatic rings. The number of nitrogens with one attached hydrogen (secondary N) is 2. The van der Waals surface area contributed by atoms with E-state index in [0.29, 0.717) is 23.9 Å². The number of aliphatic imine (C=N–C) groups is 1. The minimum atomic E-state index is -3.17. The van der Waals surface area contributed by atoms with Crippen LogP contribution in [0.1, 0.15) is 16.7 Å². The van der Waals surface area contributed by atoms with Gasteiger partial charge in [0.05, 0.1) is 12.0 Å². The molecule has 0 atom stereocenters. The van der Waals surface area contributed by atoms with Crippen LogP contribution in [0.3, 0.4) is 0 Å². The molecule has 0 aliphatic heterocycles. The molecule has 27 heavy (non-hydrogen) atoms. The molecule has 2 aromatic rings. The van der Waals surface area contributed by atoms with Crippen molar-refractivity contribution in [3.8, 4) is 5.75 Å². The van der Waals surface area contributed by atoms with Crippen LogP contribution >= 0.6 is 0 Å². The van der Waals surface area contributed by atoms with E-state index in [9.17, 15) is 8.42 Å². The van der Waals surface area contributed by atoms with Crippen molar-refractivity contribution in [3.63, 3.8) is 0 Å². The maximum atomic E-state index is 11.5. The highest BCUT2D eigenvalue weighted by Crippen LogP contribution is 2.19. The average molecular weight is 390 g/mol. The summed E-state index contributed by atoms with van der Waals surface area (Å²) in [6.07, 6.45) is 2.02. The first-order valence-electron chi connectivity index (χ1n) is 8.70. The van der Waals surface area contributed by atoms with Gasteiger partial charge in [-0.15, -0.1) is 0 Å². The largest absolute Gasteiger partial charge is 0.496 e. The lowest BCUT2D eigenvalue weighted by molar-refractivity contribution is 0.409. The quantitative estimate of drug-likeness (QED) is 0.561. The van der Waals surface area contributed by atoms with Gasteiger partial charge in [0.2, 0.25) is 0 Å². The first kappa shape index (κ1) is 20.8. The molecule has 0 aromatic heterocycles. The molecule has 6 nitrogen and oxygen atoms in total. The van der Waals surface area contributed by atoms with E-state index in [1.807, 2.05) is 12.1 Å². The molecule has 0 spiro atoms. The molecular formula is C20H27N3O3S. The molecule has 0 amide bonds. The Bertz CT molecular complexity index is 891. The Labute approximate surface area is 161 Å². The number of rotatable bonds is 7. The topological polar surface area (TPSA) is 79.8 Å². The van der Waals surface area contributed by atoms with E-state index in [2.05, 4.69) is 28.6 Å².